The van der Waals surface area contributed by atoms with Crippen LogP contribution in [0.2, 0.25) is 0 Å². The summed E-state index contributed by atoms with van der Waals surface area (Å²) < 4.78 is 1.90. The summed E-state index contributed by atoms with van der Waals surface area (Å²) in [4.78, 5) is 10.7. The second-order valence-corrected chi connectivity index (χ2v) is 2.31. The van der Waals surface area contributed by atoms with E-state index in [4.69, 9.17) is 0 Å². The predicted molar refractivity (Wildman–Crippen MR) is 44.4 cm³/mol. The summed E-state index contributed by atoms with van der Waals surface area (Å²) in [6, 6.07) is 3.62. The lowest BCUT2D eigenvalue weighted by atomic mass is 10.2. The topological polar surface area (TPSA) is 20.9 Å². The van der Waals surface area contributed by atoms with Gasteiger partial charge in [-0.25, -0.2) is 4.57 Å². The van der Waals surface area contributed by atoms with E-state index in [-0.39, 0.29) is 13.2 Å². The summed E-state index contributed by atoms with van der Waals surface area (Å²) in [7, 11) is 1.92. The van der Waals surface area contributed by atoms with Crippen LogP contribution in [0, 0.1) is 0 Å². The largest absolute Gasteiger partial charge is 0.295 e. The summed E-state index contributed by atoms with van der Waals surface area (Å²) in [5.74, 6) is 0.112. The van der Waals surface area contributed by atoms with Crippen molar-refractivity contribution in [2.45, 2.75) is 14.4 Å². The zero-order valence-corrected chi connectivity index (χ0v) is 6.16. The molecule has 0 saturated carbocycles. The molecule has 2 nitrogen and oxygen atoms in total. The van der Waals surface area contributed by atoms with Crippen molar-refractivity contribution < 1.29 is 9.36 Å². The Balaban J connectivity index is 0.000001000. The van der Waals surface area contributed by atoms with Crippen LogP contribution < -0.4 is 4.57 Å². The van der Waals surface area contributed by atoms with Crippen molar-refractivity contribution in [3.63, 3.8) is 0 Å². The van der Waals surface area contributed by atoms with Crippen LogP contribution in [0.5, 0.6) is 0 Å². The molecule has 0 unspecified atom stereocenters. The molecule has 0 atom stereocenters. The van der Waals surface area contributed by atoms with E-state index in [0.717, 1.165) is 5.56 Å². The van der Waals surface area contributed by atoms with Gasteiger partial charge in [-0.05, 0) is 6.92 Å². The van der Waals surface area contributed by atoms with Crippen LogP contribution >= 0.6 is 0 Å². The molecular weight excluding hydrogens is 138 g/mol. The molecule has 0 aliphatic heterocycles. The van der Waals surface area contributed by atoms with Gasteiger partial charge in [0.1, 0.15) is 7.05 Å². The molecular formula is C9H14NO+. The van der Waals surface area contributed by atoms with E-state index >= 15 is 0 Å². The lowest BCUT2D eigenvalue weighted by Crippen LogP contribution is -2.26. The van der Waals surface area contributed by atoms with E-state index in [1.807, 2.05) is 36.1 Å². The Morgan fingerprint density at radius 2 is 1.82 bits per heavy atom. The maximum atomic E-state index is 10.7. The maximum Gasteiger partial charge on any atom is 0.169 e. The SMILES string of the molecule is C.CC(=O)c1cc[n+](C)cc1. The minimum atomic E-state index is 0. The van der Waals surface area contributed by atoms with Gasteiger partial charge in [-0.15, -0.1) is 0 Å². The highest BCUT2D eigenvalue weighted by atomic mass is 16.1. The smallest absolute Gasteiger partial charge is 0.169 e. The number of Topliss-reactive ketones (excluding diaryl/α,β-unsaturated/α-hetero) is 1. The van der Waals surface area contributed by atoms with Crippen LogP contribution in [0.3, 0.4) is 0 Å². The number of aromatic nitrogens is 1. The van der Waals surface area contributed by atoms with Crippen molar-refractivity contribution in [1.29, 1.82) is 0 Å². The molecule has 1 aromatic rings. The Morgan fingerprint density at radius 1 is 1.36 bits per heavy atom. The highest BCUT2D eigenvalue weighted by molar-refractivity contribution is 5.93. The van der Waals surface area contributed by atoms with Gasteiger partial charge >= 0.3 is 0 Å². The van der Waals surface area contributed by atoms with Crippen LogP contribution in [0.4, 0.5) is 0 Å². The second-order valence-electron chi connectivity index (χ2n) is 2.31. The van der Waals surface area contributed by atoms with Gasteiger partial charge in [-0.2, -0.15) is 0 Å². The number of ketones is 1. The van der Waals surface area contributed by atoms with E-state index in [2.05, 4.69) is 0 Å². The van der Waals surface area contributed by atoms with Gasteiger partial charge in [0.05, 0.1) is 0 Å². The summed E-state index contributed by atoms with van der Waals surface area (Å²) in [6.07, 6.45) is 3.72. The standard InChI is InChI=1S/C8H10NO.CH4/c1-7(10)8-3-5-9(2)6-4-8;/h3-6H,1-2H3;1H4/q+1;. The monoisotopic (exact) mass is 152 g/mol. The van der Waals surface area contributed by atoms with Crippen molar-refractivity contribution in [1.82, 2.24) is 0 Å². The van der Waals surface area contributed by atoms with Gasteiger partial charge in [0.2, 0.25) is 0 Å². The van der Waals surface area contributed by atoms with Gasteiger partial charge in [0.25, 0.3) is 0 Å². The minimum absolute atomic E-state index is 0. The first kappa shape index (κ1) is 9.82. The second kappa shape index (κ2) is 3.86. The van der Waals surface area contributed by atoms with Gasteiger partial charge in [0.15, 0.2) is 18.2 Å². The number of rotatable bonds is 1. The van der Waals surface area contributed by atoms with Crippen LogP contribution in [-0.2, 0) is 7.05 Å². The molecule has 11 heavy (non-hydrogen) atoms. The molecule has 1 rings (SSSR count). The molecule has 0 saturated heterocycles. The molecule has 0 amide bonds. The fourth-order valence-corrected chi connectivity index (χ4v) is 0.736. The third-order valence-corrected chi connectivity index (χ3v) is 1.38. The van der Waals surface area contributed by atoms with Crippen LogP contribution in [-0.4, -0.2) is 5.78 Å². The fourth-order valence-electron chi connectivity index (χ4n) is 0.736. The van der Waals surface area contributed by atoms with Crippen LogP contribution in [0.25, 0.3) is 0 Å². The Labute approximate surface area is 67.5 Å². The lowest BCUT2D eigenvalue weighted by Gasteiger charge is -1.90. The maximum absolute atomic E-state index is 10.7. The fraction of sp³-hybridized carbons (Fsp3) is 0.333. The summed E-state index contributed by atoms with van der Waals surface area (Å²) in [5.41, 5.74) is 0.762. The van der Waals surface area contributed by atoms with Gasteiger partial charge in [0, 0.05) is 17.7 Å². The molecule has 1 heterocycles. The summed E-state index contributed by atoms with van der Waals surface area (Å²) in [6.45, 7) is 1.56. The molecule has 0 bridgehead atoms. The Bertz CT molecular complexity index is 238. The average Bonchev–Trinajstić information content (AvgIpc) is 1.88. The zero-order valence-electron chi connectivity index (χ0n) is 6.16. The number of carbonyl (C=O) groups is 1. The molecule has 2 heteroatoms. The summed E-state index contributed by atoms with van der Waals surface area (Å²) in [5, 5.41) is 0. The molecule has 0 radical (unpaired) electrons. The highest BCUT2D eigenvalue weighted by Crippen LogP contribution is 1.94. The van der Waals surface area contributed by atoms with Gasteiger partial charge in [-0.1, -0.05) is 7.43 Å². The van der Waals surface area contributed by atoms with Crippen LogP contribution in [0.1, 0.15) is 24.7 Å². The van der Waals surface area contributed by atoms with Crippen molar-refractivity contribution in [3.8, 4) is 0 Å². The van der Waals surface area contributed by atoms with E-state index in [0.29, 0.717) is 0 Å². The van der Waals surface area contributed by atoms with E-state index in [1.54, 1.807) is 6.92 Å². The van der Waals surface area contributed by atoms with Gasteiger partial charge < -0.3 is 0 Å². The Hall–Kier alpha value is -1.18. The van der Waals surface area contributed by atoms with Gasteiger partial charge in [-0.3, -0.25) is 4.79 Å². The van der Waals surface area contributed by atoms with Crippen molar-refractivity contribution in [2.24, 2.45) is 7.05 Å². The molecule has 1 aromatic heterocycles. The first-order valence-electron chi connectivity index (χ1n) is 3.16. The predicted octanol–water partition coefficient (Wildman–Crippen LogP) is 1.35. The van der Waals surface area contributed by atoms with E-state index in [1.165, 1.54) is 0 Å². The van der Waals surface area contributed by atoms with Crippen molar-refractivity contribution in [2.75, 3.05) is 0 Å². The van der Waals surface area contributed by atoms with Crippen molar-refractivity contribution in [3.05, 3.63) is 30.1 Å². The molecule has 60 valence electrons. The quantitative estimate of drug-likeness (QED) is 0.439. The Kier molecular flexibility index (Phi) is 3.45. The number of hydrogen-bond acceptors (Lipinski definition) is 1. The first-order valence-corrected chi connectivity index (χ1v) is 3.16. The lowest BCUT2D eigenvalue weighted by molar-refractivity contribution is -0.671. The molecule has 0 N–H and O–H groups in total. The molecule has 0 aromatic carbocycles. The molecule has 0 spiro atoms. The zero-order chi connectivity index (χ0) is 7.56. The minimum Gasteiger partial charge on any atom is -0.295 e. The first-order chi connectivity index (χ1) is 4.70. The highest BCUT2D eigenvalue weighted by Gasteiger charge is 1.98. The molecule has 0 aliphatic carbocycles. The third kappa shape index (κ3) is 2.50. The number of hydrogen-bond donors (Lipinski definition) is 0. The van der Waals surface area contributed by atoms with Crippen molar-refractivity contribution >= 4 is 5.78 Å². The Morgan fingerprint density at radius 3 is 2.18 bits per heavy atom. The third-order valence-electron chi connectivity index (χ3n) is 1.38. The van der Waals surface area contributed by atoms with E-state index < -0.39 is 0 Å². The molecule has 0 fully saturated rings. The van der Waals surface area contributed by atoms with E-state index in [9.17, 15) is 4.79 Å². The number of aryl methyl sites for hydroxylation is 1. The average molecular weight is 152 g/mol. The number of pyridine rings is 1. The number of nitrogens with zero attached hydrogens (tertiary/aromatic N) is 1. The summed E-state index contributed by atoms with van der Waals surface area (Å²) >= 11 is 0. The normalized spacial score (nSPS) is 8.55. The van der Waals surface area contributed by atoms with Crippen LogP contribution in [0.15, 0.2) is 24.5 Å². The number of carbonyl (C=O) groups excluding carboxylic acids is 1. The molecule has 0 aliphatic rings.